The van der Waals surface area contributed by atoms with Gasteiger partial charge in [-0.15, -0.1) is 12.4 Å². The molecule has 0 fully saturated rings. The molecule has 1 amide bonds. The molecule has 0 saturated carbocycles. The van der Waals surface area contributed by atoms with E-state index in [0.29, 0.717) is 6.54 Å². The molecule has 0 spiro atoms. The van der Waals surface area contributed by atoms with Crippen molar-refractivity contribution in [2.45, 2.75) is 6.10 Å². The average Bonchev–Trinajstić information content (AvgIpc) is 2.87. The van der Waals surface area contributed by atoms with Gasteiger partial charge in [-0.05, 0) is 11.1 Å². The SMILES string of the molecule is CN(CCON)C(=O)OC1c2ccccc2-c2ccccc21.Cl. The van der Waals surface area contributed by atoms with Crippen LogP contribution in [0.2, 0.25) is 0 Å². The normalized spacial score (nSPS) is 12.1. The molecule has 2 aromatic carbocycles. The first-order chi connectivity index (χ1) is 10.7. The van der Waals surface area contributed by atoms with Crippen molar-refractivity contribution in [1.82, 2.24) is 4.90 Å². The number of likely N-dealkylation sites (N-methyl/N-ethyl adjacent to an activating group) is 1. The Balaban J connectivity index is 0.00000192. The van der Waals surface area contributed by atoms with E-state index in [4.69, 9.17) is 10.6 Å². The number of carbonyl (C=O) groups is 1. The number of nitrogens with two attached hydrogens (primary N) is 1. The highest BCUT2D eigenvalue weighted by Crippen LogP contribution is 2.45. The minimum atomic E-state index is -0.395. The van der Waals surface area contributed by atoms with Crippen LogP contribution < -0.4 is 5.90 Å². The number of rotatable bonds is 4. The van der Waals surface area contributed by atoms with Crippen LogP contribution in [0.4, 0.5) is 4.79 Å². The molecule has 2 N–H and O–H groups in total. The van der Waals surface area contributed by atoms with Gasteiger partial charge in [0.15, 0.2) is 6.10 Å². The van der Waals surface area contributed by atoms with E-state index < -0.39 is 6.09 Å². The second-order valence-corrected chi connectivity index (χ2v) is 5.23. The number of nitrogens with zero attached hydrogens (tertiary/aromatic N) is 1. The Hall–Kier alpha value is -2.08. The lowest BCUT2D eigenvalue weighted by atomic mass is 10.1. The smallest absolute Gasteiger partial charge is 0.410 e. The molecule has 6 heteroatoms. The highest BCUT2D eigenvalue weighted by molar-refractivity contribution is 5.85. The molecule has 122 valence electrons. The average molecular weight is 335 g/mol. The molecule has 5 nitrogen and oxygen atoms in total. The summed E-state index contributed by atoms with van der Waals surface area (Å²) in [5.74, 6) is 4.99. The first-order valence-electron chi connectivity index (χ1n) is 7.14. The van der Waals surface area contributed by atoms with E-state index in [0.717, 1.165) is 22.3 Å². The Kier molecular flexibility index (Phi) is 5.60. The van der Waals surface area contributed by atoms with E-state index in [2.05, 4.69) is 4.84 Å². The Morgan fingerprint density at radius 3 is 2.13 bits per heavy atom. The van der Waals surface area contributed by atoms with E-state index >= 15 is 0 Å². The first kappa shape index (κ1) is 17.3. The van der Waals surface area contributed by atoms with Crippen LogP contribution in [-0.4, -0.2) is 31.2 Å². The zero-order chi connectivity index (χ0) is 15.5. The number of ether oxygens (including phenoxy) is 1. The first-order valence-corrected chi connectivity index (χ1v) is 7.14. The lowest BCUT2D eigenvalue weighted by Crippen LogP contribution is -2.32. The van der Waals surface area contributed by atoms with Crippen LogP contribution in [0.5, 0.6) is 0 Å². The molecular formula is C17H19ClN2O3. The second-order valence-electron chi connectivity index (χ2n) is 5.23. The fourth-order valence-corrected chi connectivity index (χ4v) is 2.71. The summed E-state index contributed by atoms with van der Waals surface area (Å²) in [5.41, 5.74) is 4.26. The third-order valence-corrected chi connectivity index (χ3v) is 3.85. The predicted octanol–water partition coefficient (Wildman–Crippen LogP) is 3.14. The van der Waals surface area contributed by atoms with Crippen molar-refractivity contribution in [2.24, 2.45) is 5.90 Å². The molecule has 0 aromatic heterocycles. The van der Waals surface area contributed by atoms with Gasteiger partial charge < -0.3 is 14.5 Å². The quantitative estimate of drug-likeness (QED) is 0.872. The van der Waals surface area contributed by atoms with Crippen molar-refractivity contribution in [3.63, 3.8) is 0 Å². The lowest BCUT2D eigenvalue weighted by Gasteiger charge is -2.21. The van der Waals surface area contributed by atoms with Crippen LogP contribution in [0.15, 0.2) is 48.5 Å². The Morgan fingerprint density at radius 2 is 1.61 bits per heavy atom. The van der Waals surface area contributed by atoms with E-state index in [1.54, 1.807) is 7.05 Å². The Labute approximate surface area is 141 Å². The van der Waals surface area contributed by atoms with Gasteiger partial charge in [0.25, 0.3) is 0 Å². The zero-order valence-corrected chi connectivity index (χ0v) is 13.6. The third kappa shape index (κ3) is 3.32. The van der Waals surface area contributed by atoms with E-state index in [1.165, 1.54) is 4.90 Å². The Bertz CT molecular complexity index is 648. The molecule has 2 aromatic rings. The molecule has 0 radical (unpaired) electrons. The van der Waals surface area contributed by atoms with Gasteiger partial charge in [-0.2, -0.15) is 0 Å². The summed E-state index contributed by atoms with van der Waals surface area (Å²) in [6.07, 6.45) is -0.769. The monoisotopic (exact) mass is 334 g/mol. The molecule has 1 aliphatic carbocycles. The van der Waals surface area contributed by atoms with Crippen molar-refractivity contribution < 1.29 is 14.4 Å². The van der Waals surface area contributed by atoms with Crippen LogP contribution in [0.1, 0.15) is 17.2 Å². The van der Waals surface area contributed by atoms with E-state index in [1.807, 2.05) is 48.5 Å². The molecule has 23 heavy (non-hydrogen) atoms. The van der Waals surface area contributed by atoms with Crippen molar-refractivity contribution in [1.29, 1.82) is 0 Å². The fourth-order valence-electron chi connectivity index (χ4n) is 2.71. The third-order valence-electron chi connectivity index (χ3n) is 3.85. The van der Waals surface area contributed by atoms with Gasteiger partial charge in [0.05, 0.1) is 6.61 Å². The molecule has 0 heterocycles. The number of benzene rings is 2. The van der Waals surface area contributed by atoms with Crippen LogP contribution in [0, 0.1) is 0 Å². The Morgan fingerprint density at radius 1 is 1.09 bits per heavy atom. The van der Waals surface area contributed by atoms with E-state index in [-0.39, 0.29) is 25.1 Å². The molecule has 0 unspecified atom stereocenters. The predicted molar refractivity (Wildman–Crippen MR) is 90.2 cm³/mol. The van der Waals surface area contributed by atoms with Crippen molar-refractivity contribution >= 4 is 18.5 Å². The maximum atomic E-state index is 12.2. The van der Waals surface area contributed by atoms with Gasteiger partial charge >= 0.3 is 6.09 Å². The lowest BCUT2D eigenvalue weighted by molar-refractivity contribution is 0.0685. The number of hydrogen-bond donors (Lipinski definition) is 1. The summed E-state index contributed by atoms with van der Waals surface area (Å²) in [7, 11) is 1.66. The van der Waals surface area contributed by atoms with Gasteiger partial charge in [0.1, 0.15) is 0 Å². The second kappa shape index (κ2) is 7.46. The maximum absolute atomic E-state index is 12.2. The van der Waals surface area contributed by atoms with Gasteiger partial charge in [-0.25, -0.2) is 10.7 Å². The number of amides is 1. The molecule has 0 atom stereocenters. The number of carbonyl (C=O) groups excluding carboxylic acids is 1. The zero-order valence-electron chi connectivity index (χ0n) is 12.8. The molecule has 0 aliphatic heterocycles. The highest BCUT2D eigenvalue weighted by Gasteiger charge is 2.31. The van der Waals surface area contributed by atoms with Gasteiger partial charge in [0, 0.05) is 24.7 Å². The molecule has 1 aliphatic rings. The number of fused-ring (bicyclic) bond motifs is 3. The summed E-state index contributed by atoms with van der Waals surface area (Å²) in [4.78, 5) is 18.2. The van der Waals surface area contributed by atoms with E-state index in [9.17, 15) is 4.79 Å². The number of hydrogen-bond acceptors (Lipinski definition) is 4. The van der Waals surface area contributed by atoms with Gasteiger partial charge in [-0.3, -0.25) is 0 Å². The minimum Gasteiger partial charge on any atom is -0.436 e. The molecular weight excluding hydrogens is 316 g/mol. The van der Waals surface area contributed by atoms with Crippen molar-refractivity contribution in [3.05, 3.63) is 59.7 Å². The molecule has 0 saturated heterocycles. The summed E-state index contributed by atoms with van der Waals surface area (Å²) in [6.45, 7) is 0.648. The highest BCUT2D eigenvalue weighted by atomic mass is 35.5. The molecule has 3 rings (SSSR count). The van der Waals surface area contributed by atoms with Crippen molar-refractivity contribution in [3.8, 4) is 11.1 Å². The number of halogens is 1. The minimum absolute atomic E-state index is 0. The molecule has 0 bridgehead atoms. The summed E-state index contributed by atoms with van der Waals surface area (Å²) in [6, 6.07) is 16.0. The largest absolute Gasteiger partial charge is 0.436 e. The van der Waals surface area contributed by atoms with Crippen molar-refractivity contribution in [2.75, 3.05) is 20.2 Å². The standard InChI is InChI=1S/C17H18N2O3.ClH/c1-19(10-11-21-18)17(20)22-16-14-8-4-2-6-12(14)13-7-3-5-9-15(13)16;/h2-9,16H,10-11,18H2,1H3;1H. The topological polar surface area (TPSA) is 64.8 Å². The summed E-state index contributed by atoms with van der Waals surface area (Å²) >= 11 is 0. The summed E-state index contributed by atoms with van der Waals surface area (Å²) < 4.78 is 5.71. The van der Waals surface area contributed by atoms with Crippen LogP contribution in [-0.2, 0) is 9.57 Å². The van der Waals surface area contributed by atoms with Crippen LogP contribution in [0.3, 0.4) is 0 Å². The van der Waals surface area contributed by atoms with Crippen LogP contribution in [0.25, 0.3) is 11.1 Å². The summed E-state index contributed by atoms with van der Waals surface area (Å²) in [5, 5.41) is 0. The van der Waals surface area contributed by atoms with Gasteiger partial charge in [-0.1, -0.05) is 48.5 Å². The van der Waals surface area contributed by atoms with Gasteiger partial charge in [0.2, 0.25) is 0 Å². The maximum Gasteiger partial charge on any atom is 0.410 e. The fraction of sp³-hybridized carbons (Fsp3) is 0.235. The van der Waals surface area contributed by atoms with Crippen LogP contribution >= 0.6 is 12.4 Å².